The quantitative estimate of drug-likeness (QED) is 0.920. The van der Waals surface area contributed by atoms with Gasteiger partial charge in [-0.2, -0.15) is 13.2 Å². The molecule has 1 N–H and O–H groups in total. The molecule has 0 unspecified atom stereocenters. The average Bonchev–Trinajstić information content (AvgIpc) is 2.33. The minimum absolute atomic E-state index is 0.246. The monoisotopic (exact) mass is 288 g/mol. The molecule has 1 aromatic carbocycles. The molecule has 20 heavy (non-hydrogen) atoms. The van der Waals surface area contributed by atoms with Crippen LogP contribution in [0.15, 0.2) is 18.2 Å². The van der Waals surface area contributed by atoms with Gasteiger partial charge >= 0.3 is 6.18 Å². The Balaban J connectivity index is 3.13. The first-order chi connectivity index (χ1) is 9.15. The van der Waals surface area contributed by atoms with Crippen LogP contribution < -0.4 is 5.32 Å². The Morgan fingerprint density at radius 1 is 1.35 bits per heavy atom. The Hall–Kier alpha value is -1.72. The van der Waals surface area contributed by atoms with E-state index in [0.717, 1.165) is 10.5 Å². The van der Waals surface area contributed by atoms with Gasteiger partial charge < -0.3 is 10.2 Å². The van der Waals surface area contributed by atoms with Gasteiger partial charge in [0.25, 0.3) is 5.91 Å². The van der Waals surface area contributed by atoms with E-state index in [0.29, 0.717) is 5.69 Å². The molecule has 0 heterocycles. The molecule has 1 aromatic rings. The zero-order chi connectivity index (χ0) is 15.5. The third-order valence-electron chi connectivity index (χ3n) is 2.91. The van der Waals surface area contributed by atoms with Crippen LogP contribution in [0.3, 0.4) is 0 Å². The summed E-state index contributed by atoms with van der Waals surface area (Å²) >= 11 is 0. The summed E-state index contributed by atoms with van der Waals surface area (Å²) in [4.78, 5) is 13.2. The van der Waals surface area contributed by atoms with Crippen LogP contribution in [0.5, 0.6) is 0 Å². The molecule has 0 aliphatic carbocycles. The van der Waals surface area contributed by atoms with Crippen molar-refractivity contribution in [1.82, 2.24) is 4.90 Å². The molecule has 0 saturated heterocycles. The van der Waals surface area contributed by atoms with E-state index in [9.17, 15) is 18.0 Å². The first-order valence-corrected chi connectivity index (χ1v) is 6.32. The maximum atomic E-state index is 12.6. The summed E-state index contributed by atoms with van der Waals surface area (Å²) in [5.41, 5.74) is 1.71. The van der Waals surface area contributed by atoms with Gasteiger partial charge in [-0.25, -0.2) is 0 Å². The van der Waals surface area contributed by atoms with Crippen molar-refractivity contribution in [3.05, 3.63) is 29.3 Å². The Morgan fingerprint density at radius 3 is 2.40 bits per heavy atom. The summed E-state index contributed by atoms with van der Waals surface area (Å²) in [7, 11) is 1.63. The molecule has 0 aromatic heterocycles. The fourth-order valence-corrected chi connectivity index (χ4v) is 1.89. The first-order valence-electron chi connectivity index (χ1n) is 6.32. The highest BCUT2D eigenvalue weighted by Crippen LogP contribution is 2.23. The van der Waals surface area contributed by atoms with E-state index >= 15 is 0 Å². The highest BCUT2D eigenvalue weighted by Gasteiger charge is 2.35. The molecule has 0 aliphatic rings. The van der Waals surface area contributed by atoms with Crippen molar-refractivity contribution in [2.75, 3.05) is 18.9 Å². The minimum Gasteiger partial charge on any atom is -0.387 e. The molecule has 1 rings (SSSR count). The molecule has 6 heteroatoms. The number of halogens is 3. The van der Waals surface area contributed by atoms with Crippen LogP contribution in [0.1, 0.15) is 29.8 Å². The molecule has 3 nitrogen and oxygen atoms in total. The van der Waals surface area contributed by atoms with Crippen molar-refractivity contribution in [2.24, 2.45) is 0 Å². The fourth-order valence-electron chi connectivity index (χ4n) is 1.89. The van der Waals surface area contributed by atoms with Crippen molar-refractivity contribution < 1.29 is 18.0 Å². The van der Waals surface area contributed by atoms with E-state index in [1.54, 1.807) is 39.1 Å². The van der Waals surface area contributed by atoms with E-state index in [4.69, 9.17) is 0 Å². The molecule has 0 aliphatic heterocycles. The first kappa shape index (κ1) is 16.3. The lowest BCUT2D eigenvalue weighted by molar-refractivity contribution is -0.143. The molecule has 112 valence electrons. The number of nitrogens with zero attached hydrogens (tertiary/aromatic N) is 1. The van der Waals surface area contributed by atoms with E-state index in [1.807, 2.05) is 6.92 Å². The third kappa shape index (κ3) is 4.15. The summed E-state index contributed by atoms with van der Waals surface area (Å²) in [5, 5.41) is 2.85. The molecule has 0 saturated carbocycles. The van der Waals surface area contributed by atoms with Crippen molar-refractivity contribution >= 4 is 11.6 Å². The highest BCUT2D eigenvalue weighted by molar-refractivity contribution is 5.99. The number of hydrogen-bond donors (Lipinski definition) is 1. The van der Waals surface area contributed by atoms with Crippen LogP contribution in [0.2, 0.25) is 0 Å². The molecule has 0 fully saturated rings. The molecule has 0 bridgehead atoms. The molecule has 0 atom stereocenters. The van der Waals surface area contributed by atoms with Gasteiger partial charge in [-0.1, -0.05) is 6.07 Å². The van der Waals surface area contributed by atoms with Crippen molar-refractivity contribution in [3.8, 4) is 0 Å². The standard InChI is InChI=1S/C14H19F3N2O/c1-9(2)19(8-14(15,16)17)13(20)11-6-5-10(3)7-12(11)18-4/h5-7,9,18H,8H2,1-4H3. The molecular formula is C14H19F3N2O. The fraction of sp³-hybridized carbons (Fsp3) is 0.500. The van der Waals surface area contributed by atoms with Crippen LogP contribution in [0.4, 0.5) is 18.9 Å². The predicted octanol–water partition coefficient (Wildman–Crippen LogP) is 3.45. The number of rotatable bonds is 4. The van der Waals surface area contributed by atoms with Gasteiger partial charge in [0.05, 0.1) is 5.56 Å². The smallest absolute Gasteiger partial charge is 0.387 e. The number of alkyl halides is 3. The van der Waals surface area contributed by atoms with Crippen LogP contribution in [-0.4, -0.2) is 36.6 Å². The third-order valence-corrected chi connectivity index (χ3v) is 2.91. The molecule has 0 spiro atoms. The lowest BCUT2D eigenvalue weighted by Gasteiger charge is -2.28. The summed E-state index contributed by atoms with van der Waals surface area (Å²) in [6.45, 7) is 3.74. The normalized spacial score (nSPS) is 11.6. The van der Waals surface area contributed by atoms with Gasteiger partial charge in [-0.15, -0.1) is 0 Å². The van der Waals surface area contributed by atoms with Gasteiger partial charge in [-0.3, -0.25) is 4.79 Å². The second-order valence-corrected chi connectivity index (χ2v) is 4.94. The predicted molar refractivity (Wildman–Crippen MR) is 73.0 cm³/mol. The zero-order valence-electron chi connectivity index (χ0n) is 12.0. The minimum atomic E-state index is -4.41. The lowest BCUT2D eigenvalue weighted by Crippen LogP contribution is -2.43. The van der Waals surface area contributed by atoms with Crippen LogP contribution in [0.25, 0.3) is 0 Å². The van der Waals surface area contributed by atoms with Gasteiger partial charge in [0.15, 0.2) is 0 Å². The number of benzene rings is 1. The van der Waals surface area contributed by atoms with Crippen LogP contribution in [-0.2, 0) is 0 Å². The zero-order valence-corrected chi connectivity index (χ0v) is 12.0. The van der Waals surface area contributed by atoms with Crippen molar-refractivity contribution in [1.29, 1.82) is 0 Å². The largest absolute Gasteiger partial charge is 0.406 e. The Labute approximate surface area is 116 Å². The van der Waals surface area contributed by atoms with Crippen LogP contribution in [0, 0.1) is 6.92 Å². The summed E-state index contributed by atoms with van der Waals surface area (Å²) in [6.07, 6.45) is -4.41. The number of carbonyl (C=O) groups excluding carboxylic acids is 1. The van der Waals surface area contributed by atoms with Gasteiger partial charge in [0, 0.05) is 18.8 Å². The topological polar surface area (TPSA) is 32.3 Å². The Morgan fingerprint density at radius 2 is 1.95 bits per heavy atom. The number of anilines is 1. The van der Waals surface area contributed by atoms with Crippen molar-refractivity contribution in [2.45, 2.75) is 33.0 Å². The Kier molecular flexibility index (Phi) is 5.03. The van der Waals surface area contributed by atoms with E-state index in [1.165, 1.54) is 0 Å². The van der Waals surface area contributed by atoms with E-state index in [2.05, 4.69) is 5.32 Å². The van der Waals surface area contributed by atoms with Gasteiger partial charge in [-0.05, 0) is 38.5 Å². The maximum absolute atomic E-state index is 12.6. The lowest BCUT2D eigenvalue weighted by atomic mass is 10.1. The second kappa shape index (κ2) is 6.15. The van der Waals surface area contributed by atoms with E-state index < -0.39 is 24.7 Å². The summed E-state index contributed by atoms with van der Waals surface area (Å²) in [6, 6.07) is 4.46. The van der Waals surface area contributed by atoms with Crippen molar-refractivity contribution in [3.63, 3.8) is 0 Å². The number of amides is 1. The Bertz CT molecular complexity index is 484. The number of carbonyl (C=O) groups is 1. The molecule has 1 amide bonds. The molecular weight excluding hydrogens is 269 g/mol. The SMILES string of the molecule is CNc1cc(C)ccc1C(=O)N(CC(F)(F)F)C(C)C. The van der Waals surface area contributed by atoms with Gasteiger partial charge in [0.1, 0.15) is 6.54 Å². The summed E-state index contributed by atoms with van der Waals surface area (Å²) < 4.78 is 37.7. The number of aryl methyl sites for hydroxylation is 1. The number of nitrogens with one attached hydrogen (secondary N) is 1. The van der Waals surface area contributed by atoms with Crippen LogP contribution >= 0.6 is 0 Å². The van der Waals surface area contributed by atoms with E-state index in [-0.39, 0.29) is 5.56 Å². The molecule has 0 radical (unpaired) electrons. The summed E-state index contributed by atoms with van der Waals surface area (Å²) in [5.74, 6) is -0.623. The van der Waals surface area contributed by atoms with Gasteiger partial charge in [0.2, 0.25) is 0 Å². The maximum Gasteiger partial charge on any atom is 0.406 e. The second-order valence-electron chi connectivity index (χ2n) is 4.94. The highest BCUT2D eigenvalue weighted by atomic mass is 19.4. The number of hydrogen-bond acceptors (Lipinski definition) is 2. The average molecular weight is 288 g/mol.